The van der Waals surface area contributed by atoms with E-state index in [1.807, 2.05) is 18.4 Å². The third kappa shape index (κ3) is 5.16. The molecule has 6 heteroatoms. The number of thioether (sulfide) groups is 1. The maximum atomic E-state index is 9.37. The molecule has 0 aliphatic heterocycles. The number of nitrogens with one attached hydrogen (secondary N) is 2. The first kappa shape index (κ1) is 20.4. The molecule has 0 saturated heterocycles. The Labute approximate surface area is 172 Å². The van der Waals surface area contributed by atoms with Crippen LogP contribution in [0.1, 0.15) is 61.6 Å². The van der Waals surface area contributed by atoms with Gasteiger partial charge in [-0.3, -0.25) is 10.3 Å². The van der Waals surface area contributed by atoms with E-state index >= 15 is 0 Å². The Balaban J connectivity index is 1.65. The van der Waals surface area contributed by atoms with Gasteiger partial charge in [0.25, 0.3) is 0 Å². The van der Waals surface area contributed by atoms with Crippen molar-refractivity contribution in [1.82, 2.24) is 5.32 Å². The van der Waals surface area contributed by atoms with Gasteiger partial charge in [0.05, 0.1) is 23.9 Å². The molecular formula is C21H29N3OS2. The van der Waals surface area contributed by atoms with E-state index in [2.05, 4.69) is 16.9 Å². The summed E-state index contributed by atoms with van der Waals surface area (Å²) >= 11 is 6.91. The highest BCUT2D eigenvalue weighted by Gasteiger charge is 2.33. The van der Waals surface area contributed by atoms with E-state index < -0.39 is 0 Å². The standard InChI is InChI=1S/C21H29N3OS2/c1-27-20(26)23-14-21(11-5-2-6-12-21)15-25-24-19-10-9-16(13-22)17-7-3-4-8-18(17)19/h9-10,24H,2-8,11-12,14-15H2,1H3,(H,23,26). The lowest BCUT2D eigenvalue weighted by atomic mass is 9.74. The molecule has 146 valence electrons. The molecular weight excluding hydrogens is 374 g/mol. The van der Waals surface area contributed by atoms with E-state index in [4.69, 9.17) is 17.1 Å². The summed E-state index contributed by atoms with van der Waals surface area (Å²) in [6, 6.07) is 6.26. The van der Waals surface area contributed by atoms with E-state index in [-0.39, 0.29) is 5.41 Å². The lowest BCUT2D eigenvalue weighted by Crippen LogP contribution is -2.41. The number of hydrogen-bond acceptors (Lipinski definition) is 5. The molecule has 0 heterocycles. The van der Waals surface area contributed by atoms with Crippen molar-refractivity contribution in [3.05, 3.63) is 28.8 Å². The van der Waals surface area contributed by atoms with Gasteiger partial charge in [0, 0.05) is 12.0 Å². The van der Waals surface area contributed by atoms with Crippen molar-refractivity contribution in [2.75, 3.05) is 24.9 Å². The van der Waals surface area contributed by atoms with Crippen molar-refractivity contribution in [2.45, 2.75) is 57.8 Å². The zero-order valence-electron chi connectivity index (χ0n) is 16.1. The van der Waals surface area contributed by atoms with Crippen molar-refractivity contribution >= 4 is 34.0 Å². The van der Waals surface area contributed by atoms with Crippen LogP contribution < -0.4 is 10.8 Å². The van der Waals surface area contributed by atoms with Gasteiger partial charge in [0.1, 0.15) is 4.32 Å². The second kappa shape index (κ2) is 9.77. The molecule has 1 fully saturated rings. The molecule has 0 radical (unpaired) electrons. The summed E-state index contributed by atoms with van der Waals surface area (Å²) in [4.78, 5) is 6.05. The summed E-state index contributed by atoms with van der Waals surface area (Å²) in [5.74, 6) is 0. The van der Waals surface area contributed by atoms with Crippen LogP contribution in [-0.4, -0.2) is 23.7 Å². The van der Waals surface area contributed by atoms with Crippen LogP contribution in [0.5, 0.6) is 0 Å². The van der Waals surface area contributed by atoms with E-state index in [0.717, 1.165) is 41.4 Å². The van der Waals surface area contributed by atoms with Gasteiger partial charge in [-0.15, -0.1) is 11.8 Å². The van der Waals surface area contributed by atoms with Crippen LogP contribution in [-0.2, 0) is 17.7 Å². The maximum Gasteiger partial charge on any atom is 0.133 e. The minimum atomic E-state index is 0.137. The van der Waals surface area contributed by atoms with E-state index in [1.54, 1.807) is 11.8 Å². The number of benzene rings is 1. The fraction of sp³-hybridized carbons (Fsp3) is 0.619. The van der Waals surface area contributed by atoms with Crippen LogP contribution in [0.15, 0.2) is 12.1 Å². The Hall–Kier alpha value is -1.29. The highest BCUT2D eigenvalue weighted by Crippen LogP contribution is 2.37. The normalized spacial score (nSPS) is 18.2. The third-order valence-corrected chi connectivity index (χ3v) is 7.08. The number of nitriles is 1. The quantitative estimate of drug-likeness (QED) is 0.517. The molecule has 2 aliphatic rings. The molecule has 1 saturated carbocycles. The van der Waals surface area contributed by atoms with Crippen molar-refractivity contribution in [3.8, 4) is 6.07 Å². The smallest absolute Gasteiger partial charge is 0.133 e. The van der Waals surface area contributed by atoms with Gasteiger partial charge < -0.3 is 5.32 Å². The summed E-state index contributed by atoms with van der Waals surface area (Å²) in [5.41, 5.74) is 7.67. The summed E-state index contributed by atoms with van der Waals surface area (Å²) in [6.45, 7) is 1.55. The molecule has 2 aliphatic carbocycles. The summed E-state index contributed by atoms with van der Waals surface area (Å²) < 4.78 is 0.856. The van der Waals surface area contributed by atoms with Gasteiger partial charge in [0.2, 0.25) is 0 Å². The van der Waals surface area contributed by atoms with Crippen LogP contribution in [0.2, 0.25) is 0 Å². The van der Waals surface area contributed by atoms with Crippen LogP contribution in [0, 0.1) is 16.7 Å². The zero-order valence-corrected chi connectivity index (χ0v) is 17.7. The molecule has 1 aromatic rings. The van der Waals surface area contributed by atoms with Crippen molar-refractivity contribution < 1.29 is 4.84 Å². The van der Waals surface area contributed by atoms with Crippen molar-refractivity contribution in [3.63, 3.8) is 0 Å². The summed E-state index contributed by atoms with van der Waals surface area (Å²) in [6.07, 6.45) is 12.5. The van der Waals surface area contributed by atoms with E-state index in [9.17, 15) is 5.26 Å². The van der Waals surface area contributed by atoms with E-state index in [1.165, 1.54) is 49.7 Å². The predicted octanol–water partition coefficient (Wildman–Crippen LogP) is 4.97. The van der Waals surface area contributed by atoms with Gasteiger partial charge in [-0.05, 0) is 68.0 Å². The molecule has 0 bridgehead atoms. The molecule has 0 atom stereocenters. The van der Waals surface area contributed by atoms with Crippen LogP contribution >= 0.6 is 24.0 Å². The molecule has 0 amide bonds. The number of nitrogens with zero attached hydrogens (tertiary/aromatic N) is 1. The van der Waals surface area contributed by atoms with E-state index in [0.29, 0.717) is 6.61 Å². The average molecular weight is 404 g/mol. The number of thiocarbonyl (C=S) groups is 1. The maximum absolute atomic E-state index is 9.37. The topological polar surface area (TPSA) is 57.1 Å². The Morgan fingerprint density at radius 1 is 1.19 bits per heavy atom. The highest BCUT2D eigenvalue weighted by atomic mass is 32.2. The average Bonchev–Trinajstić information content (AvgIpc) is 2.73. The second-order valence-corrected chi connectivity index (χ2v) is 9.22. The van der Waals surface area contributed by atoms with Gasteiger partial charge >= 0.3 is 0 Å². The minimum Gasteiger partial charge on any atom is -0.370 e. The number of rotatable bonds is 6. The minimum absolute atomic E-state index is 0.137. The van der Waals surface area contributed by atoms with Gasteiger partial charge in [-0.2, -0.15) is 5.26 Å². The first-order chi connectivity index (χ1) is 13.2. The largest absolute Gasteiger partial charge is 0.370 e. The molecule has 4 nitrogen and oxygen atoms in total. The lowest BCUT2D eigenvalue weighted by molar-refractivity contribution is 0.0504. The highest BCUT2D eigenvalue weighted by molar-refractivity contribution is 8.22. The molecule has 27 heavy (non-hydrogen) atoms. The van der Waals surface area contributed by atoms with Gasteiger partial charge in [0.15, 0.2) is 0 Å². The van der Waals surface area contributed by atoms with Crippen molar-refractivity contribution in [1.29, 1.82) is 5.26 Å². The molecule has 1 aromatic carbocycles. The first-order valence-corrected chi connectivity index (χ1v) is 11.6. The SMILES string of the molecule is CSC(=S)NCC1(CONc2ccc(C#N)c3c2CCCC3)CCCCC1. The fourth-order valence-corrected chi connectivity index (χ4v) is 4.63. The predicted molar refractivity (Wildman–Crippen MR) is 117 cm³/mol. The van der Waals surface area contributed by atoms with Crippen LogP contribution in [0.3, 0.4) is 0 Å². The van der Waals surface area contributed by atoms with Crippen molar-refractivity contribution in [2.24, 2.45) is 5.41 Å². The molecule has 3 rings (SSSR count). The second-order valence-electron chi connectivity index (χ2n) is 7.73. The first-order valence-electron chi connectivity index (χ1n) is 9.92. The Morgan fingerprint density at radius 2 is 1.93 bits per heavy atom. The Bertz CT molecular complexity index is 708. The van der Waals surface area contributed by atoms with Crippen LogP contribution in [0.4, 0.5) is 5.69 Å². The Kier molecular flexibility index (Phi) is 7.40. The Morgan fingerprint density at radius 3 is 2.63 bits per heavy atom. The van der Waals surface area contributed by atoms with Crippen LogP contribution in [0.25, 0.3) is 0 Å². The molecule has 0 spiro atoms. The fourth-order valence-electron chi connectivity index (χ4n) is 4.34. The summed E-state index contributed by atoms with van der Waals surface area (Å²) in [7, 11) is 0. The molecule has 0 aromatic heterocycles. The van der Waals surface area contributed by atoms with Gasteiger partial charge in [-0.1, -0.05) is 31.5 Å². The molecule has 2 N–H and O–H groups in total. The van der Waals surface area contributed by atoms with Gasteiger partial charge in [-0.25, -0.2) is 0 Å². The number of fused-ring (bicyclic) bond motifs is 1. The summed E-state index contributed by atoms with van der Waals surface area (Å²) in [5, 5.41) is 12.8. The number of hydrogen-bond donors (Lipinski definition) is 2. The molecule has 0 unspecified atom stereocenters. The number of anilines is 1. The third-order valence-electron chi connectivity index (χ3n) is 5.92. The monoisotopic (exact) mass is 403 g/mol. The lowest BCUT2D eigenvalue weighted by Gasteiger charge is -2.37. The zero-order chi connectivity index (χ0) is 19.1.